The van der Waals surface area contributed by atoms with Crippen LogP contribution in [0, 0.1) is 0 Å². The molecule has 1 saturated heterocycles. The smallest absolute Gasteiger partial charge is 0.255 e. The number of amides is 3. The summed E-state index contributed by atoms with van der Waals surface area (Å²) in [6, 6.07) is 13.7. The average Bonchev–Trinajstić information content (AvgIpc) is 3.00. The van der Waals surface area contributed by atoms with Crippen LogP contribution in [0.15, 0.2) is 48.5 Å². The standard InChI is InChI=1S/C19H19N3O3/c20-18(24)15-4-1-2-5-16(15)21-19(25)14-9-7-13(8-10-14)12-22-11-3-6-17(22)23/h1-2,4-5,7-10H,3,6,11-12H2,(H2,20,24)(H,21,25). The first-order valence-corrected chi connectivity index (χ1v) is 8.11. The molecule has 0 spiro atoms. The first-order valence-electron chi connectivity index (χ1n) is 8.11. The largest absolute Gasteiger partial charge is 0.366 e. The second kappa shape index (κ2) is 7.17. The Hall–Kier alpha value is -3.15. The van der Waals surface area contributed by atoms with Crippen LogP contribution in [0.3, 0.4) is 0 Å². The fraction of sp³-hybridized carbons (Fsp3) is 0.211. The highest BCUT2D eigenvalue weighted by Crippen LogP contribution is 2.17. The maximum absolute atomic E-state index is 12.4. The second-order valence-corrected chi connectivity index (χ2v) is 5.98. The summed E-state index contributed by atoms with van der Waals surface area (Å²) in [6.45, 7) is 1.34. The molecule has 1 fully saturated rings. The van der Waals surface area contributed by atoms with Crippen molar-refractivity contribution in [1.82, 2.24) is 4.90 Å². The van der Waals surface area contributed by atoms with Crippen molar-refractivity contribution in [2.24, 2.45) is 5.73 Å². The van der Waals surface area contributed by atoms with E-state index in [9.17, 15) is 14.4 Å². The Labute approximate surface area is 145 Å². The Morgan fingerprint density at radius 3 is 2.44 bits per heavy atom. The third-order valence-corrected chi connectivity index (χ3v) is 4.20. The Morgan fingerprint density at radius 2 is 1.80 bits per heavy atom. The molecule has 3 rings (SSSR count). The first kappa shape index (κ1) is 16.7. The quantitative estimate of drug-likeness (QED) is 0.875. The van der Waals surface area contributed by atoms with Gasteiger partial charge in [-0.25, -0.2) is 0 Å². The van der Waals surface area contributed by atoms with Gasteiger partial charge in [0, 0.05) is 25.1 Å². The number of nitrogens with zero attached hydrogens (tertiary/aromatic N) is 1. The molecule has 1 aliphatic rings. The van der Waals surface area contributed by atoms with Gasteiger partial charge in [0.1, 0.15) is 0 Å². The van der Waals surface area contributed by atoms with Gasteiger partial charge in [-0.1, -0.05) is 24.3 Å². The van der Waals surface area contributed by atoms with Gasteiger partial charge in [0.25, 0.3) is 11.8 Å². The third kappa shape index (κ3) is 3.85. The van der Waals surface area contributed by atoms with Crippen molar-refractivity contribution in [2.45, 2.75) is 19.4 Å². The summed E-state index contributed by atoms with van der Waals surface area (Å²) in [7, 11) is 0. The summed E-state index contributed by atoms with van der Waals surface area (Å²) in [5, 5.41) is 2.70. The highest BCUT2D eigenvalue weighted by molar-refractivity contribution is 6.08. The van der Waals surface area contributed by atoms with Crippen LogP contribution in [0.1, 0.15) is 39.1 Å². The van der Waals surface area contributed by atoms with Crippen molar-refractivity contribution in [3.05, 3.63) is 65.2 Å². The molecule has 2 aromatic carbocycles. The monoisotopic (exact) mass is 337 g/mol. The molecule has 2 aromatic rings. The number of rotatable bonds is 5. The molecule has 6 nitrogen and oxygen atoms in total. The highest BCUT2D eigenvalue weighted by Gasteiger charge is 2.20. The summed E-state index contributed by atoms with van der Waals surface area (Å²) < 4.78 is 0. The van der Waals surface area contributed by atoms with Crippen LogP contribution in [0.5, 0.6) is 0 Å². The van der Waals surface area contributed by atoms with Crippen LogP contribution in [-0.2, 0) is 11.3 Å². The van der Waals surface area contributed by atoms with E-state index < -0.39 is 5.91 Å². The predicted octanol–water partition coefficient (Wildman–Crippen LogP) is 2.16. The van der Waals surface area contributed by atoms with E-state index in [0.29, 0.717) is 24.2 Å². The van der Waals surface area contributed by atoms with Crippen molar-refractivity contribution >= 4 is 23.4 Å². The van der Waals surface area contributed by atoms with Gasteiger partial charge >= 0.3 is 0 Å². The van der Waals surface area contributed by atoms with Gasteiger partial charge in [0.05, 0.1) is 11.3 Å². The van der Waals surface area contributed by atoms with Gasteiger partial charge in [-0.3, -0.25) is 14.4 Å². The number of hydrogen-bond donors (Lipinski definition) is 2. The number of nitrogens with one attached hydrogen (secondary N) is 1. The SMILES string of the molecule is NC(=O)c1ccccc1NC(=O)c1ccc(CN2CCCC2=O)cc1. The minimum Gasteiger partial charge on any atom is -0.366 e. The zero-order chi connectivity index (χ0) is 17.8. The van der Waals surface area contributed by atoms with Crippen LogP contribution in [-0.4, -0.2) is 29.2 Å². The molecule has 0 saturated carbocycles. The summed E-state index contributed by atoms with van der Waals surface area (Å²) in [4.78, 5) is 37.3. The van der Waals surface area contributed by atoms with Gasteiger partial charge < -0.3 is 16.0 Å². The lowest BCUT2D eigenvalue weighted by molar-refractivity contribution is -0.128. The van der Waals surface area contributed by atoms with Crippen LogP contribution < -0.4 is 11.1 Å². The minimum absolute atomic E-state index is 0.171. The van der Waals surface area contributed by atoms with Crippen LogP contribution in [0.2, 0.25) is 0 Å². The van der Waals surface area contributed by atoms with Crippen molar-refractivity contribution < 1.29 is 14.4 Å². The van der Waals surface area contributed by atoms with Gasteiger partial charge in [0.2, 0.25) is 5.91 Å². The zero-order valence-electron chi connectivity index (χ0n) is 13.7. The number of carbonyl (C=O) groups is 3. The average molecular weight is 337 g/mol. The lowest BCUT2D eigenvalue weighted by Crippen LogP contribution is -2.23. The van der Waals surface area contributed by atoms with Crippen molar-refractivity contribution in [1.29, 1.82) is 0 Å². The molecule has 3 amide bonds. The Kier molecular flexibility index (Phi) is 4.79. The summed E-state index contributed by atoms with van der Waals surface area (Å²) in [5.41, 5.74) is 7.41. The first-order chi connectivity index (χ1) is 12.0. The molecule has 0 bridgehead atoms. The molecule has 3 N–H and O–H groups in total. The van der Waals surface area contributed by atoms with Gasteiger partial charge in [-0.05, 0) is 36.2 Å². The highest BCUT2D eigenvalue weighted by atomic mass is 16.2. The number of benzene rings is 2. The van der Waals surface area contributed by atoms with Gasteiger partial charge in [-0.2, -0.15) is 0 Å². The van der Waals surface area contributed by atoms with Crippen LogP contribution in [0.25, 0.3) is 0 Å². The van der Waals surface area contributed by atoms with E-state index >= 15 is 0 Å². The number of likely N-dealkylation sites (tertiary alicyclic amines) is 1. The summed E-state index contributed by atoms with van der Waals surface area (Å²) in [6.07, 6.45) is 1.51. The van der Waals surface area contributed by atoms with Gasteiger partial charge in [0.15, 0.2) is 0 Å². The lowest BCUT2D eigenvalue weighted by atomic mass is 10.1. The molecule has 0 radical (unpaired) electrons. The molecule has 1 heterocycles. The van der Waals surface area contributed by atoms with Crippen molar-refractivity contribution in [3.63, 3.8) is 0 Å². The topological polar surface area (TPSA) is 92.5 Å². The van der Waals surface area contributed by atoms with E-state index in [1.807, 2.05) is 17.0 Å². The van der Waals surface area contributed by atoms with Crippen molar-refractivity contribution in [2.75, 3.05) is 11.9 Å². The molecular weight excluding hydrogens is 318 g/mol. The summed E-state index contributed by atoms with van der Waals surface area (Å²) >= 11 is 0. The lowest BCUT2D eigenvalue weighted by Gasteiger charge is -2.15. The Balaban J connectivity index is 1.69. The molecule has 0 aromatic heterocycles. The number of primary amides is 1. The third-order valence-electron chi connectivity index (χ3n) is 4.20. The molecular formula is C19H19N3O3. The molecule has 6 heteroatoms. The minimum atomic E-state index is -0.596. The van der Waals surface area contributed by atoms with Crippen molar-refractivity contribution in [3.8, 4) is 0 Å². The fourth-order valence-electron chi connectivity index (χ4n) is 2.85. The molecule has 0 unspecified atom stereocenters. The van der Waals surface area contributed by atoms with Crippen LogP contribution in [0.4, 0.5) is 5.69 Å². The Bertz CT molecular complexity index is 815. The van der Waals surface area contributed by atoms with E-state index in [0.717, 1.165) is 18.5 Å². The second-order valence-electron chi connectivity index (χ2n) is 5.98. The van der Waals surface area contributed by atoms with E-state index in [4.69, 9.17) is 5.73 Å². The van der Waals surface area contributed by atoms with E-state index in [-0.39, 0.29) is 17.4 Å². The van der Waals surface area contributed by atoms with Gasteiger partial charge in [-0.15, -0.1) is 0 Å². The number of nitrogens with two attached hydrogens (primary N) is 1. The normalized spacial score (nSPS) is 13.8. The number of para-hydroxylation sites is 1. The molecule has 1 aliphatic heterocycles. The number of carbonyl (C=O) groups excluding carboxylic acids is 3. The van der Waals surface area contributed by atoms with Crippen LogP contribution >= 0.6 is 0 Å². The number of hydrogen-bond acceptors (Lipinski definition) is 3. The van der Waals surface area contributed by atoms with E-state index in [2.05, 4.69) is 5.32 Å². The molecule has 25 heavy (non-hydrogen) atoms. The Morgan fingerprint density at radius 1 is 1.08 bits per heavy atom. The predicted molar refractivity (Wildman–Crippen MR) is 94.0 cm³/mol. The fourth-order valence-corrected chi connectivity index (χ4v) is 2.85. The maximum Gasteiger partial charge on any atom is 0.255 e. The molecule has 128 valence electrons. The number of anilines is 1. The van der Waals surface area contributed by atoms with E-state index in [1.165, 1.54) is 0 Å². The summed E-state index contributed by atoms with van der Waals surface area (Å²) in [5.74, 6) is -0.746. The molecule has 0 atom stereocenters. The maximum atomic E-state index is 12.4. The zero-order valence-corrected chi connectivity index (χ0v) is 13.7. The molecule has 0 aliphatic carbocycles. The van der Waals surface area contributed by atoms with E-state index in [1.54, 1.807) is 36.4 Å².